The number of aliphatic hydroxyl groups is 1. The normalized spacial score (nSPS) is 15.1. The average molecular weight is 732 g/mol. The van der Waals surface area contributed by atoms with E-state index in [9.17, 15) is 5.11 Å². The second-order valence-corrected chi connectivity index (χ2v) is 13.4. The molecule has 0 spiro atoms. The zero-order valence-electron chi connectivity index (χ0n) is 26.9. The maximum Gasteiger partial charge on any atom is 0.119 e. The van der Waals surface area contributed by atoms with Gasteiger partial charge in [-0.1, -0.05) is 37.7 Å². The van der Waals surface area contributed by atoms with Crippen molar-refractivity contribution >= 4 is 72.1 Å². The van der Waals surface area contributed by atoms with Crippen molar-refractivity contribution in [2.24, 2.45) is 0 Å². The first kappa shape index (κ1) is 40.6. The number of anilines is 2. The van der Waals surface area contributed by atoms with Gasteiger partial charge in [-0.25, -0.2) is 0 Å². The Morgan fingerprint density at radius 2 is 1.43 bits per heavy atom. The van der Waals surface area contributed by atoms with Crippen LogP contribution >= 0.6 is 60.7 Å². The smallest absolute Gasteiger partial charge is 0.119 e. The number of hydrogen-bond acceptors (Lipinski definition) is 9. The first-order valence-corrected chi connectivity index (χ1v) is 17.5. The fourth-order valence-corrected chi connectivity index (χ4v) is 6.92. The Bertz CT molecular complexity index is 1300. The number of halogens is 3. The lowest BCUT2D eigenvalue weighted by Gasteiger charge is -2.36. The number of benzene rings is 3. The largest absolute Gasteiger partial charge is 0.492 e. The minimum absolute atomic E-state index is 0. The summed E-state index contributed by atoms with van der Waals surface area (Å²) in [4.78, 5) is 11.6. The molecule has 46 heavy (non-hydrogen) atoms. The Morgan fingerprint density at radius 3 is 2.11 bits per heavy atom. The van der Waals surface area contributed by atoms with Gasteiger partial charge in [-0.15, -0.1) is 49.0 Å². The number of piperazine rings is 1. The molecule has 256 valence electrons. The molecule has 1 atom stereocenters. The van der Waals surface area contributed by atoms with Crippen LogP contribution in [0.5, 0.6) is 11.5 Å². The highest BCUT2D eigenvalue weighted by Crippen LogP contribution is 2.48. The van der Waals surface area contributed by atoms with E-state index in [2.05, 4.69) is 82.6 Å². The number of nitrogens with zero attached hydrogens (tertiary/aromatic N) is 3. The van der Waals surface area contributed by atoms with Crippen molar-refractivity contribution in [1.82, 2.24) is 15.1 Å². The van der Waals surface area contributed by atoms with E-state index in [-0.39, 0.29) is 43.8 Å². The van der Waals surface area contributed by atoms with E-state index >= 15 is 0 Å². The SMILES string of the molecule is CSc1ccc2c(c1)N(CCCN1CCN(CCOc3ccc(OCC(O)CNC(C)C)cc3)CC1)c1ccccc1S2.Cl.Cl.Cl. The molecule has 0 aliphatic carbocycles. The van der Waals surface area contributed by atoms with Crippen molar-refractivity contribution in [3.63, 3.8) is 0 Å². The molecular formula is C34H49Cl3N4O3S2. The van der Waals surface area contributed by atoms with E-state index < -0.39 is 6.10 Å². The van der Waals surface area contributed by atoms with Gasteiger partial charge in [0.2, 0.25) is 0 Å². The van der Waals surface area contributed by atoms with Gasteiger partial charge in [0, 0.05) is 66.5 Å². The van der Waals surface area contributed by atoms with Crippen molar-refractivity contribution in [2.45, 2.75) is 47.1 Å². The molecule has 3 aromatic rings. The highest BCUT2D eigenvalue weighted by molar-refractivity contribution is 8.00. The van der Waals surface area contributed by atoms with Gasteiger partial charge < -0.3 is 29.7 Å². The number of aliphatic hydroxyl groups excluding tert-OH is 1. The van der Waals surface area contributed by atoms with E-state index in [0.29, 0.717) is 19.2 Å². The molecule has 2 aliphatic rings. The molecule has 1 unspecified atom stereocenters. The Labute approximate surface area is 302 Å². The topological polar surface area (TPSA) is 60.4 Å². The standard InChI is InChI=1S/C34H46N4O3S2.3ClH/c1-26(2)35-24-27(39)25-41-29-11-9-28(10-12-29)40-22-21-37-19-17-36(18-20-37)15-6-16-38-31-7-4-5-8-33(31)43-34-14-13-30(42-3)23-32(34)38;;;/h4-5,7-14,23,26-27,35,39H,6,15-22,24-25H2,1-3H3;3*1H. The number of rotatable bonds is 15. The summed E-state index contributed by atoms with van der Waals surface area (Å²) in [5.41, 5.74) is 2.68. The third kappa shape index (κ3) is 11.9. The van der Waals surface area contributed by atoms with Gasteiger partial charge in [0.05, 0.1) is 11.4 Å². The summed E-state index contributed by atoms with van der Waals surface area (Å²) in [7, 11) is 0. The van der Waals surface area contributed by atoms with Crippen LogP contribution in [0.2, 0.25) is 0 Å². The van der Waals surface area contributed by atoms with Gasteiger partial charge in [0.1, 0.15) is 30.8 Å². The second-order valence-electron chi connectivity index (χ2n) is 11.4. The van der Waals surface area contributed by atoms with E-state index in [1.165, 1.54) is 26.1 Å². The predicted molar refractivity (Wildman–Crippen MR) is 202 cm³/mol. The molecule has 1 saturated heterocycles. The third-order valence-electron chi connectivity index (χ3n) is 7.86. The van der Waals surface area contributed by atoms with Crippen LogP contribution in [-0.4, -0.2) is 98.9 Å². The number of ether oxygens (including phenoxy) is 2. The maximum absolute atomic E-state index is 10.0. The van der Waals surface area contributed by atoms with Gasteiger partial charge in [0.15, 0.2) is 0 Å². The Balaban J connectivity index is 0.00000245. The lowest BCUT2D eigenvalue weighted by molar-refractivity contribution is 0.104. The molecule has 12 heteroatoms. The molecule has 5 rings (SSSR count). The van der Waals surface area contributed by atoms with Crippen molar-refractivity contribution in [1.29, 1.82) is 0 Å². The van der Waals surface area contributed by atoms with Gasteiger partial charge in [-0.3, -0.25) is 4.90 Å². The molecule has 0 aromatic heterocycles. The van der Waals surface area contributed by atoms with Gasteiger partial charge in [-0.2, -0.15) is 0 Å². The molecule has 2 aliphatic heterocycles. The zero-order chi connectivity index (χ0) is 30.0. The Morgan fingerprint density at radius 1 is 0.804 bits per heavy atom. The lowest BCUT2D eigenvalue weighted by Crippen LogP contribution is -2.47. The molecule has 1 fully saturated rings. The molecular weight excluding hydrogens is 683 g/mol. The zero-order valence-corrected chi connectivity index (χ0v) is 31.0. The monoisotopic (exact) mass is 730 g/mol. The van der Waals surface area contributed by atoms with Crippen LogP contribution in [0.4, 0.5) is 11.4 Å². The van der Waals surface area contributed by atoms with Gasteiger partial charge in [0.25, 0.3) is 0 Å². The molecule has 0 saturated carbocycles. The second kappa shape index (κ2) is 20.8. The maximum atomic E-state index is 10.0. The van der Waals surface area contributed by atoms with Crippen molar-refractivity contribution in [3.8, 4) is 11.5 Å². The number of hydrogen-bond donors (Lipinski definition) is 2. The first-order chi connectivity index (χ1) is 21.0. The number of para-hydroxylation sites is 1. The molecule has 0 radical (unpaired) electrons. The van der Waals surface area contributed by atoms with Gasteiger partial charge >= 0.3 is 0 Å². The van der Waals surface area contributed by atoms with E-state index in [4.69, 9.17) is 9.47 Å². The Hall–Kier alpha value is -1.53. The summed E-state index contributed by atoms with van der Waals surface area (Å²) in [6, 6.07) is 23.7. The van der Waals surface area contributed by atoms with E-state index in [0.717, 1.165) is 63.7 Å². The minimum atomic E-state index is -0.531. The van der Waals surface area contributed by atoms with Crippen molar-refractivity contribution in [2.75, 3.05) is 76.7 Å². The van der Waals surface area contributed by atoms with Crippen LogP contribution in [0, 0.1) is 0 Å². The number of fused-ring (bicyclic) bond motifs is 2. The summed E-state index contributed by atoms with van der Waals surface area (Å²) in [6.07, 6.45) is 2.76. The molecule has 2 heterocycles. The number of nitrogens with one attached hydrogen (secondary N) is 1. The van der Waals surface area contributed by atoms with Crippen LogP contribution in [0.3, 0.4) is 0 Å². The highest BCUT2D eigenvalue weighted by atomic mass is 35.5. The van der Waals surface area contributed by atoms with Gasteiger partial charge in [-0.05, 0) is 73.8 Å². The van der Waals surface area contributed by atoms with Crippen LogP contribution < -0.4 is 19.7 Å². The minimum Gasteiger partial charge on any atom is -0.492 e. The van der Waals surface area contributed by atoms with Crippen LogP contribution in [0.15, 0.2) is 81.4 Å². The molecule has 0 amide bonds. The fraction of sp³-hybridized carbons (Fsp3) is 0.471. The summed E-state index contributed by atoms with van der Waals surface area (Å²) >= 11 is 3.69. The lowest BCUT2D eigenvalue weighted by atomic mass is 10.2. The van der Waals surface area contributed by atoms with Crippen molar-refractivity contribution < 1.29 is 14.6 Å². The molecule has 3 aromatic carbocycles. The summed E-state index contributed by atoms with van der Waals surface area (Å²) < 4.78 is 11.7. The summed E-state index contributed by atoms with van der Waals surface area (Å²) in [5, 5.41) is 13.2. The average Bonchev–Trinajstić information content (AvgIpc) is 3.03. The molecule has 0 bridgehead atoms. The summed E-state index contributed by atoms with van der Waals surface area (Å²) in [6.45, 7) is 13.0. The molecule has 2 N–H and O–H groups in total. The fourth-order valence-electron chi connectivity index (χ4n) is 5.41. The van der Waals surface area contributed by atoms with E-state index in [1.807, 2.05) is 47.8 Å². The first-order valence-electron chi connectivity index (χ1n) is 15.4. The summed E-state index contributed by atoms with van der Waals surface area (Å²) in [5.74, 6) is 1.58. The highest BCUT2D eigenvalue weighted by Gasteiger charge is 2.24. The van der Waals surface area contributed by atoms with E-state index in [1.54, 1.807) is 0 Å². The van der Waals surface area contributed by atoms with Crippen LogP contribution in [0.1, 0.15) is 20.3 Å². The quantitative estimate of drug-likeness (QED) is 0.160. The van der Waals surface area contributed by atoms with Crippen molar-refractivity contribution in [3.05, 3.63) is 66.7 Å². The third-order valence-corrected chi connectivity index (χ3v) is 9.71. The Kier molecular flexibility index (Phi) is 18.3. The van der Waals surface area contributed by atoms with Crippen LogP contribution in [-0.2, 0) is 0 Å². The number of thioether (sulfide) groups is 1. The molecule has 7 nitrogen and oxygen atoms in total. The van der Waals surface area contributed by atoms with Crippen LogP contribution in [0.25, 0.3) is 0 Å². The predicted octanol–water partition coefficient (Wildman–Crippen LogP) is 7.10.